The van der Waals surface area contributed by atoms with Gasteiger partial charge in [-0.15, -0.1) is 5.73 Å². The first-order valence-corrected chi connectivity index (χ1v) is 10.3. The largest absolute Gasteiger partial charge is 0.504 e. The highest BCUT2D eigenvalue weighted by atomic mass is 127. The van der Waals surface area contributed by atoms with E-state index in [-0.39, 0.29) is 11.7 Å². The average Bonchev–Trinajstić information content (AvgIpc) is 2.69. The van der Waals surface area contributed by atoms with Crippen LogP contribution in [-0.4, -0.2) is 22.4 Å². The van der Waals surface area contributed by atoms with Crippen molar-refractivity contribution < 1.29 is 20.1 Å². The predicted molar refractivity (Wildman–Crippen MR) is 119 cm³/mol. The molecule has 0 radical (unpaired) electrons. The van der Waals surface area contributed by atoms with E-state index in [0.717, 1.165) is 11.1 Å². The molecule has 4 nitrogen and oxygen atoms in total. The first-order valence-electron chi connectivity index (χ1n) is 9.24. The van der Waals surface area contributed by atoms with Gasteiger partial charge in [0.15, 0.2) is 11.5 Å². The lowest BCUT2D eigenvalue weighted by Crippen LogP contribution is -2.03. The normalized spacial score (nSPS) is 13.0. The molecule has 0 aliphatic carbocycles. The van der Waals surface area contributed by atoms with Gasteiger partial charge in [-0.2, -0.15) is 0 Å². The standard InChI is InChI=1S/C23H27IO4/c1-15(2)17(13-21(26)16-8-5-4-6-9-16)10-7-11-20(25)18-12-19(24)23(27)22(14-18)28-3/h4-9,12,14-15,20-21,25-27H,11,13H2,1-3H3/t10?,20-,21-/m1/s1. The maximum atomic E-state index is 10.5. The summed E-state index contributed by atoms with van der Waals surface area (Å²) in [5.41, 5.74) is 5.82. The van der Waals surface area contributed by atoms with E-state index in [1.54, 1.807) is 12.1 Å². The number of methoxy groups -OCH3 is 1. The summed E-state index contributed by atoms with van der Waals surface area (Å²) < 4.78 is 5.78. The van der Waals surface area contributed by atoms with Gasteiger partial charge in [0, 0.05) is 12.8 Å². The third-order valence-corrected chi connectivity index (χ3v) is 5.40. The molecule has 2 aromatic rings. The molecule has 0 bridgehead atoms. The summed E-state index contributed by atoms with van der Waals surface area (Å²) in [6, 6.07) is 13.0. The third-order valence-electron chi connectivity index (χ3n) is 4.58. The number of hydrogen-bond donors (Lipinski definition) is 3. The number of hydrogen-bond acceptors (Lipinski definition) is 4. The van der Waals surface area contributed by atoms with E-state index in [4.69, 9.17) is 4.74 Å². The molecule has 0 aliphatic heterocycles. The van der Waals surface area contributed by atoms with Crippen LogP contribution in [0.15, 0.2) is 59.8 Å². The second-order valence-electron chi connectivity index (χ2n) is 6.96. The van der Waals surface area contributed by atoms with Crippen molar-refractivity contribution >= 4 is 22.6 Å². The maximum Gasteiger partial charge on any atom is 0.171 e. The van der Waals surface area contributed by atoms with Crippen LogP contribution in [0.2, 0.25) is 0 Å². The van der Waals surface area contributed by atoms with Crippen molar-refractivity contribution in [3.63, 3.8) is 0 Å². The number of phenolic OH excluding ortho intramolecular Hbond substituents is 1. The molecule has 2 atom stereocenters. The molecule has 0 saturated carbocycles. The fraction of sp³-hybridized carbons (Fsp3) is 0.348. The number of aliphatic hydroxyl groups is 2. The molecule has 5 heteroatoms. The molecule has 0 aliphatic rings. The van der Waals surface area contributed by atoms with Gasteiger partial charge in [-0.05, 0) is 63.4 Å². The Morgan fingerprint density at radius 3 is 2.39 bits per heavy atom. The average molecular weight is 494 g/mol. The third kappa shape index (κ3) is 6.11. The van der Waals surface area contributed by atoms with Crippen molar-refractivity contribution in [2.75, 3.05) is 7.11 Å². The smallest absolute Gasteiger partial charge is 0.171 e. The van der Waals surface area contributed by atoms with Crippen LogP contribution in [-0.2, 0) is 0 Å². The number of phenols is 1. The van der Waals surface area contributed by atoms with Crippen LogP contribution in [0.25, 0.3) is 0 Å². The number of ether oxygens (including phenoxy) is 1. The SMILES string of the molecule is COc1cc([C@H](O)CC=C=C(C[C@@H](O)c2ccccc2)C(C)C)cc(I)c1O. The molecule has 2 rings (SSSR count). The van der Waals surface area contributed by atoms with Gasteiger partial charge in [0.05, 0.1) is 22.9 Å². The molecule has 0 unspecified atom stereocenters. The van der Waals surface area contributed by atoms with Crippen molar-refractivity contribution in [3.05, 3.63) is 74.5 Å². The van der Waals surface area contributed by atoms with Crippen molar-refractivity contribution in [1.29, 1.82) is 0 Å². The molecule has 28 heavy (non-hydrogen) atoms. The van der Waals surface area contributed by atoms with E-state index < -0.39 is 12.2 Å². The highest BCUT2D eigenvalue weighted by Gasteiger charge is 2.14. The number of halogens is 1. The molecule has 0 spiro atoms. The molecular weight excluding hydrogens is 467 g/mol. The lowest BCUT2D eigenvalue weighted by Gasteiger charge is -2.15. The number of benzene rings is 2. The summed E-state index contributed by atoms with van der Waals surface area (Å²) in [7, 11) is 1.48. The van der Waals surface area contributed by atoms with Crippen molar-refractivity contribution in [2.45, 2.75) is 38.9 Å². The van der Waals surface area contributed by atoms with Crippen LogP contribution in [0, 0.1) is 9.49 Å². The minimum atomic E-state index is -0.733. The minimum absolute atomic E-state index is 0.0754. The van der Waals surface area contributed by atoms with Gasteiger partial charge in [-0.1, -0.05) is 44.2 Å². The Balaban J connectivity index is 2.14. The van der Waals surface area contributed by atoms with E-state index in [1.165, 1.54) is 7.11 Å². The number of rotatable bonds is 8. The summed E-state index contributed by atoms with van der Waals surface area (Å²) in [4.78, 5) is 0. The molecule has 2 aromatic carbocycles. The summed E-state index contributed by atoms with van der Waals surface area (Å²) >= 11 is 2.01. The highest BCUT2D eigenvalue weighted by molar-refractivity contribution is 14.1. The monoisotopic (exact) mass is 494 g/mol. The van der Waals surface area contributed by atoms with Gasteiger partial charge in [-0.3, -0.25) is 0 Å². The Hall–Kier alpha value is -1.79. The van der Waals surface area contributed by atoms with Crippen molar-refractivity contribution in [2.24, 2.45) is 5.92 Å². The number of aromatic hydroxyl groups is 1. The highest BCUT2D eigenvalue weighted by Crippen LogP contribution is 2.35. The van der Waals surface area contributed by atoms with Gasteiger partial charge in [0.25, 0.3) is 0 Å². The van der Waals surface area contributed by atoms with Gasteiger partial charge >= 0.3 is 0 Å². The van der Waals surface area contributed by atoms with E-state index in [9.17, 15) is 15.3 Å². The van der Waals surface area contributed by atoms with E-state index in [2.05, 4.69) is 19.6 Å². The Morgan fingerprint density at radius 1 is 1.11 bits per heavy atom. The molecule has 3 N–H and O–H groups in total. The predicted octanol–water partition coefficient (Wildman–Crippen LogP) is 5.29. The Kier molecular flexibility index (Phi) is 8.58. The minimum Gasteiger partial charge on any atom is -0.504 e. The van der Waals surface area contributed by atoms with Gasteiger partial charge in [0.2, 0.25) is 0 Å². The van der Waals surface area contributed by atoms with Gasteiger partial charge in [-0.25, -0.2) is 0 Å². The first kappa shape index (κ1) is 22.5. The maximum absolute atomic E-state index is 10.5. The molecule has 0 heterocycles. The summed E-state index contributed by atoms with van der Waals surface area (Å²) in [5, 5.41) is 30.9. The van der Waals surface area contributed by atoms with Crippen LogP contribution in [0.1, 0.15) is 50.0 Å². The van der Waals surface area contributed by atoms with Crippen LogP contribution >= 0.6 is 22.6 Å². The van der Waals surface area contributed by atoms with Gasteiger partial charge in [0.1, 0.15) is 0 Å². The fourth-order valence-corrected chi connectivity index (χ4v) is 3.47. The second kappa shape index (κ2) is 10.7. The topological polar surface area (TPSA) is 69.9 Å². The van der Waals surface area contributed by atoms with Crippen LogP contribution < -0.4 is 4.74 Å². The van der Waals surface area contributed by atoms with E-state index >= 15 is 0 Å². The summed E-state index contributed by atoms with van der Waals surface area (Å²) in [6.07, 6.45) is 1.38. The number of aliphatic hydroxyl groups excluding tert-OH is 2. The lowest BCUT2D eigenvalue weighted by atomic mass is 9.94. The molecular formula is C23H27IO4. The lowest BCUT2D eigenvalue weighted by molar-refractivity contribution is 0.175. The Morgan fingerprint density at radius 2 is 1.79 bits per heavy atom. The van der Waals surface area contributed by atoms with Crippen LogP contribution in [0.4, 0.5) is 0 Å². The molecule has 150 valence electrons. The van der Waals surface area contributed by atoms with Gasteiger partial charge < -0.3 is 20.1 Å². The van der Waals surface area contributed by atoms with E-state index in [0.29, 0.717) is 27.7 Å². The first-order chi connectivity index (χ1) is 13.3. The molecule has 0 amide bonds. The zero-order chi connectivity index (χ0) is 20.7. The van der Waals surface area contributed by atoms with Crippen LogP contribution in [0.3, 0.4) is 0 Å². The van der Waals surface area contributed by atoms with Crippen LogP contribution in [0.5, 0.6) is 11.5 Å². The van der Waals surface area contributed by atoms with Crippen molar-refractivity contribution in [3.8, 4) is 11.5 Å². The zero-order valence-electron chi connectivity index (χ0n) is 16.4. The Labute approximate surface area is 180 Å². The van der Waals surface area contributed by atoms with E-state index in [1.807, 2.05) is 59.0 Å². The summed E-state index contributed by atoms with van der Waals surface area (Å²) in [5.74, 6) is 0.655. The Bertz CT molecular complexity index is 839. The quantitative estimate of drug-likeness (QED) is 0.345. The summed E-state index contributed by atoms with van der Waals surface area (Å²) in [6.45, 7) is 4.13. The molecule has 0 fully saturated rings. The second-order valence-corrected chi connectivity index (χ2v) is 8.13. The molecule has 0 saturated heterocycles. The van der Waals surface area contributed by atoms with Crippen molar-refractivity contribution in [1.82, 2.24) is 0 Å². The zero-order valence-corrected chi connectivity index (χ0v) is 18.6. The molecule has 0 aromatic heterocycles. The fourth-order valence-electron chi connectivity index (χ4n) is 2.84.